The third-order valence-electron chi connectivity index (χ3n) is 13.3. The molecule has 17 heteroatoms. The predicted molar refractivity (Wildman–Crippen MR) is 251 cm³/mol. The number of aliphatic hydroxyl groups is 2. The van der Waals surface area contributed by atoms with Crippen LogP contribution in [0.2, 0.25) is 0 Å². The predicted octanol–water partition coefficient (Wildman–Crippen LogP) is 5.91. The fourth-order valence-corrected chi connectivity index (χ4v) is 8.29. The van der Waals surface area contributed by atoms with Gasteiger partial charge in [-0.2, -0.15) is 17.6 Å². The first kappa shape index (κ1) is 57.6. The first-order valence-corrected chi connectivity index (χ1v) is 24.0. The van der Waals surface area contributed by atoms with Crippen molar-refractivity contribution in [2.75, 3.05) is 13.1 Å². The Morgan fingerprint density at radius 2 is 0.941 bits per heavy atom. The summed E-state index contributed by atoms with van der Waals surface area (Å²) in [6.07, 6.45) is -3.37. The topological polar surface area (TPSA) is 199 Å². The molecule has 2 aromatic carbocycles. The summed E-state index contributed by atoms with van der Waals surface area (Å²) in [5.41, 5.74) is 7.44. The molecule has 8 atom stereocenters. The minimum Gasteiger partial charge on any atom is -0.384 e. The van der Waals surface area contributed by atoms with Crippen LogP contribution >= 0.6 is 0 Å². The van der Waals surface area contributed by atoms with Crippen LogP contribution in [0.3, 0.4) is 0 Å². The van der Waals surface area contributed by atoms with E-state index < -0.39 is 102 Å². The van der Waals surface area contributed by atoms with Crippen molar-refractivity contribution in [2.24, 2.45) is 35.3 Å². The fourth-order valence-electron chi connectivity index (χ4n) is 8.29. The molecule has 2 heterocycles. The number of aliphatic hydroxyl groups excluding tert-OH is 2. The second-order valence-corrected chi connectivity index (χ2v) is 19.7. The number of carbonyl (C=O) groups excluding carboxylic acids is 6. The number of nitrogens with zero attached hydrogens (tertiary/aromatic N) is 2. The van der Waals surface area contributed by atoms with Gasteiger partial charge in [0.05, 0.1) is 18.1 Å². The van der Waals surface area contributed by atoms with Crippen LogP contribution in [-0.4, -0.2) is 123 Å². The lowest BCUT2D eigenvalue weighted by Gasteiger charge is -2.34. The Bertz CT molecular complexity index is 1830. The van der Waals surface area contributed by atoms with Gasteiger partial charge < -0.3 is 36.4 Å². The van der Waals surface area contributed by atoms with Gasteiger partial charge in [-0.3, -0.25) is 28.8 Å². The molecule has 0 aromatic heterocycles. The number of likely N-dealkylation sites (tertiary alicyclic amines) is 2. The zero-order valence-electron chi connectivity index (χ0n) is 41.1. The van der Waals surface area contributed by atoms with E-state index in [9.17, 15) is 56.5 Å². The van der Waals surface area contributed by atoms with E-state index in [1.165, 1.54) is 9.80 Å². The fraction of sp³-hybridized carbons (Fsp3) is 0.647. The van der Waals surface area contributed by atoms with Gasteiger partial charge >= 0.3 is 11.8 Å². The average Bonchev–Trinajstić information content (AvgIpc) is 4.01. The van der Waals surface area contributed by atoms with E-state index >= 15 is 0 Å². The third kappa shape index (κ3) is 15.1. The second-order valence-electron chi connectivity index (χ2n) is 19.7. The normalized spacial score (nSPS) is 19.2. The summed E-state index contributed by atoms with van der Waals surface area (Å²) in [5.74, 6) is -14.0. The van der Waals surface area contributed by atoms with Gasteiger partial charge in [0.2, 0.25) is 35.2 Å². The molecular formula is C51H75F4N5O8. The Hall–Kier alpha value is -4.74. The molecule has 2 aromatic rings. The van der Waals surface area contributed by atoms with E-state index in [2.05, 4.69) is 10.6 Å². The van der Waals surface area contributed by atoms with Crippen molar-refractivity contribution in [3.63, 3.8) is 0 Å². The summed E-state index contributed by atoms with van der Waals surface area (Å²) in [6, 6.07) is 12.4. The van der Waals surface area contributed by atoms with Crippen molar-refractivity contribution >= 4 is 35.2 Å². The van der Waals surface area contributed by atoms with E-state index in [-0.39, 0.29) is 42.4 Å². The molecule has 2 saturated heterocycles. The first-order valence-electron chi connectivity index (χ1n) is 24.0. The van der Waals surface area contributed by atoms with Gasteiger partial charge in [-0.25, -0.2) is 0 Å². The number of carbonyl (C=O) groups is 6. The number of rotatable bonds is 22. The van der Waals surface area contributed by atoms with Gasteiger partial charge in [0, 0.05) is 31.8 Å². The van der Waals surface area contributed by atoms with Crippen molar-refractivity contribution < 1.29 is 56.5 Å². The maximum absolute atomic E-state index is 14.9. The molecule has 2 fully saturated rings. The maximum Gasteiger partial charge on any atom is 0.332 e. The third-order valence-corrected chi connectivity index (χ3v) is 13.3. The van der Waals surface area contributed by atoms with Gasteiger partial charge in [0.1, 0.15) is 24.3 Å². The van der Waals surface area contributed by atoms with E-state index in [0.717, 1.165) is 11.1 Å². The summed E-state index contributed by atoms with van der Waals surface area (Å²) in [7, 11) is 0. The van der Waals surface area contributed by atoms with Crippen LogP contribution in [0, 0.1) is 29.6 Å². The lowest BCUT2D eigenvalue weighted by Crippen LogP contribution is -2.60. The highest BCUT2D eigenvalue weighted by atomic mass is 19.3. The van der Waals surface area contributed by atoms with E-state index in [4.69, 9.17) is 5.73 Å². The number of hydrogen-bond donors (Lipinski definition) is 5. The van der Waals surface area contributed by atoms with Crippen molar-refractivity contribution in [1.29, 1.82) is 0 Å². The minimum atomic E-state index is -4.04. The monoisotopic (exact) mass is 962 g/mol. The molecule has 4 unspecified atom stereocenters. The highest BCUT2D eigenvalue weighted by molar-refractivity contribution is 5.92. The van der Waals surface area contributed by atoms with Gasteiger partial charge in [-0.1, -0.05) is 123 Å². The van der Waals surface area contributed by atoms with Gasteiger partial charge in [0.15, 0.2) is 0 Å². The number of benzene rings is 2. The number of ketones is 2. The average molecular weight is 962 g/mol. The summed E-state index contributed by atoms with van der Waals surface area (Å²) in [5, 5.41) is 26.1. The number of halogens is 4. The van der Waals surface area contributed by atoms with Crippen LogP contribution in [0.5, 0.6) is 0 Å². The van der Waals surface area contributed by atoms with Crippen LogP contribution < -0.4 is 16.4 Å². The van der Waals surface area contributed by atoms with E-state index in [0.29, 0.717) is 38.8 Å². The molecule has 68 heavy (non-hydrogen) atoms. The molecule has 2 aliphatic heterocycles. The number of alkyl halides is 4. The van der Waals surface area contributed by atoms with Crippen molar-refractivity contribution in [3.05, 3.63) is 71.8 Å². The highest BCUT2D eigenvalue weighted by Crippen LogP contribution is 2.31. The minimum absolute atomic E-state index is 0.0997. The molecule has 0 radical (unpaired) electrons. The molecular weight excluding hydrogens is 887 g/mol. The second kappa shape index (κ2) is 25.7. The lowest BCUT2D eigenvalue weighted by molar-refractivity contribution is -0.167. The number of amides is 4. The highest BCUT2D eigenvalue weighted by Gasteiger charge is 2.52. The Kier molecular flexibility index (Phi) is 21.8. The summed E-state index contributed by atoms with van der Waals surface area (Å²) in [4.78, 5) is 79.1. The van der Waals surface area contributed by atoms with Crippen molar-refractivity contribution in [3.8, 4) is 0 Å². The van der Waals surface area contributed by atoms with Crippen LogP contribution in [0.15, 0.2) is 60.7 Å². The maximum atomic E-state index is 14.9. The molecule has 4 amide bonds. The summed E-state index contributed by atoms with van der Waals surface area (Å²) in [6.45, 7) is 16.4. The smallest absolute Gasteiger partial charge is 0.332 e. The van der Waals surface area contributed by atoms with Gasteiger partial charge in [-0.05, 0) is 73.3 Å². The number of Topliss-reactive ketones (excluding diaryl/α,β-unsaturated/α-hetero) is 2. The molecule has 0 bridgehead atoms. The molecule has 380 valence electrons. The van der Waals surface area contributed by atoms with Gasteiger partial charge in [0.25, 0.3) is 0 Å². The van der Waals surface area contributed by atoms with Crippen LogP contribution in [0.25, 0.3) is 0 Å². The quantitative estimate of drug-likeness (QED) is 0.0891. The molecule has 6 N–H and O–H groups in total. The van der Waals surface area contributed by atoms with Crippen LogP contribution in [0.1, 0.15) is 112 Å². The number of nitrogens with one attached hydrogen (secondary N) is 2. The van der Waals surface area contributed by atoms with Crippen LogP contribution in [-0.2, 0) is 41.6 Å². The zero-order valence-corrected chi connectivity index (χ0v) is 41.1. The van der Waals surface area contributed by atoms with E-state index in [1.807, 2.05) is 20.8 Å². The molecule has 13 nitrogen and oxygen atoms in total. The number of nitrogens with two attached hydrogens (primary N) is 1. The summed E-state index contributed by atoms with van der Waals surface area (Å²) < 4.78 is 59.7. The Labute approximate surface area is 399 Å². The Morgan fingerprint density at radius 1 is 0.588 bits per heavy atom. The Morgan fingerprint density at radius 3 is 1.26 bits per heavy atom. The number of aryl methyl sites for hydroxylation is 2. The number of hydrogen-bond acceptors (Lipinski definition) is 9. The SMILES string of the molecule is CC(C)[C@H](NC(=O)C1CCCN1C(=O)[C@@H](C)C(C)C)C(O)C(F)(F)C(=O)CCc1ccccc1.CC(C)[C@H](NC(=O)C1CCCN1C(=O)[C@@H](N)C(C)C)C(O)C(F)(F)C(=O)CCc1ccccc1. The van der Waals surface area contributed by atoms with Gasteiger partial charge in [-0.15, -0.1) is 0 Å². The molecule has 0 aliphatic carbocycles. The largest absolute Gasteiger partial charge is 0.384 e. The molecule has 0 saturated carbocycles. The summed E-state index contributed by atoms with van der Waals surface area (Å²) >= 11 is 0. The van der Waals surface area contributed by atoms with Crippen LogP contribution in [0.4, 0.5) is 17.6 Å². The molecule has 4 rings (SSSR count). The van der Waals surface area contributed by atoms with Crippen molar-refractivity contribution in [1.82, 2.24) is 20.4 Å². The molecule has 2 aliphatic rings. The molecule has 0 spiro atoms. The Balaban J connectivity index is 0.000000360. The van der Waals surface area contributed by atoms with E-state index in [1.54, 1.807) is 102 Å². The van der Waals surface area contributed by atoms with Crippen molar-refractivity contribution in [2.45, 2.75) is 168 Å². The standard InChI is InChI=1S/C26H38F2N2O4.C25H37F2N3O4/c1-16(2)18(5)25(34)30-15-9-12-20(30)24(33)29-22(17(3)4)23(32)26(27,28)21(31)14-13-19-10-7-6-8-11-19;1-15(2)20(28)24(34)30-14-8-11-18(30)23(33)29-21(16(3)4)22(32)25(26,27)19(31)13-12-17-9-6-5-7-10-17/h6-8,10-11,16-18,20,22-23,32H,9,12-15H2,1-5H3,(H,29,33);5-7,9-10,15-16,18,20-22,32H,8,11-14,28H2,1-4H3,(H,29,33)/t18-,20?,22-,23?;18?,20-,21-,22?/m00/s1. The lowest BCUT2D eigenvalue weighted by atomic mass is 9.90. The zero-order chi connectivity index (χ0) is 51.3. The first-order chi connectivity index (χ1) is 31.7.